The van der Waals surface area contributed by atoms with Crippen LogP contribution >= 0.6 is 11.3 Å². The highest BCUT2D eigenvalue weighted by molar-refractivity contribution is 7.07. The number of rotatable bonds is 8. The SMILES string of the molecule is CC(C)CC(CN)CCN(C)Cc1cscn1. The summed E-state index contributed by atoms with van der Waals surface area (Å²) < 4.78 is 0. The molecule has 2 N–H and O–H groups in total. The Balaban J connectivity index is 2.24. The molecule has 1 heterocycles. The molecule has 1 unspecified atom stereocenters. The summed E-state index contributed by atoms with van der Waals surface area (Å²) in [6.45, 7) is 7.39. The molecule has 0 fully saturated rings. The van der Waals surface area contributed by atoms with Crippen LogP contribution in [-0.4, -0.2) is 30.0 Å². The van der Waals surface area contributed by atoms with Gasteiger partial charge < -0.3 is 10.6 Å². The van der Waals surface area contributed by atoms with Gasteiger partial charge >= 0.3 is 0 Å². The average molecular weight is 255 g/mol. The third-order valence-electron chi connectivity index (χ3n) is 2.97. The average Bonchev–Trinajstić information content (AvgIpc) is 2.76. The monoisotopic (exact) mass is 255 g/mol. The second-order valence-corrected chi connectivity index (χ2v) is 5.96. The lowest BCUT2D eigenvalue weighted by molar-refractivity contribution is 0.277. The number of nitrogens with two attached hydrogens (primary N) is 1. The molecule has 1 rings (SSSR count). The van der Waals surface area contributed by atoms with Gasteiger partial charge in [-0.05, 0) is 44.8 Å². The Labute approximate surface area is 109 Å². The first-order valence-electron chi connectivity index (χ1n) is 6.37. The normalized spacial score (nSPS) is 13.5. The topological polar surface area (TPSA) is 42.1 Å². The van der Waals surface area contributed by atoms with Gasteiger partial charge in [0.25, 0.3) is 0 Å². The zero-order valence-electron chi connectivity index (χ0n) is 11.2. The quantitative estimate of drug-likeness (QED) is 0.776. The van der Waals surface area contributed by atoms with Crippen LogP contribution in [0.2, 0.25) is 0 Å². The summed E-state index contributed by atoms with van der Waals surface area (Å²) in [4.78, 5) is 6.64. The summed E-state index contributed by atoms with van der Waals surface area (Å²) in [5, 5.41) is 2.12. The van der Waals surface area contributed by atoms with E-state index in [0.29, 0.717) is 5.92 Å². The van der Waals surface area contributed by atoms with Gasteiger partial charge in [-0.1, -0.05) is 13.8 Å². The predicted molar refractivity (Wildman–Crippen MR) is 75.1 cm³/mol. The van der Waals surface area contributed by atoms with Crippen molar-refractivity contribution in [1.82, 2.24) is 9.88 Å². The van der Waals surface area contributed by atoms with Gasteiger partial charge in [0.15, 0.2) is 0 Å². The standard InChI is InChI=1S/C13H25N3S/c1-11(2)6-12(7-14)4-5-16(3)8-13-9-17-10-15-13/h9-12H,4-8,14H2,1-3H3. The van der Waals surface area contributed by atoms with Crippen LogP contribution in [0.4, 0.5) is 0 Å². The van der Waals surface area contributed by atoms with E-state index in [9.17, 15) is 0 Å². The molecule has 1 aromatic heterocycles. The Kier molecular flexibility index (Phi) is 6.70. The van der Waals surface area contributed by atoms with E-state index in [1.807, 2.05) is 5.51 Å². The molecule has 0 aliphatic heterocycles. The maximum Gasteiger partial charge on any atom is 0.0795 e. The molecule has 17 heavy (non-hydrogen) atoms. The summed E-state index contributed by atoms with van der Waals surface area (Å²) >= 11 is 1.66. The molecular formula is C13H25N3S. The van der Waals surface area contributed by atoms with Crippen LogP contribution in [0, 0.1) is 11.8 Å². The molecule has 0 aliphatic carbocycles. The number of hydrogen-bond acceptors (Lipinski definition) is 4. The molecule has 98 valence electrons. The molecule has 0 saturated heterocycles. The number of aromatic nitrogens is 1. The highest BCUT2D eigenvalue weighted by Crippen LogP contribution is 2.15. The summed E-state index contributed by atoms with van der Waals surface area (Å²) in [5.41, 5.74) is 8.88. The highest BCUT2D eigenvalue weighted by Gasteiger charge is 2.10. The van der Waals surface area contributed by atoms with Crippen LogP contribution in [0.5, 0.6) is 0 Å². The lowest BCUT2D eigenvalue weighted by Crippen LogP contribution is -2.25. The van der Waals surface area contributed by atoms with Crippen molar-refractivity contribution >= 4 is 11.3 Å². The smallest absolute Gasteiger partial charge is 0.0795 e. The Hall–Kier alpha value is -0.450. The molecule has 0 aromatic carbocycles. The summed E-state index contributed by atoms with van der Waals surface area (Å²) in [7, 11) is 2.16. The van der Waals surface area contributed by atoms with E-state index < -0.39 is 0 Å². The van der Waals surface area contributed by atoms with Gasteiger partial charge in [0.1, 0.15) is 0 Å². The van der Waals surface area contributed by atoms with Crippen molar-refractivity contribution in [2.24, 2.45) is 17.6 Å². The second kappa shape index (κ2) is 7.80. The third kappa shape index (κ3) is 6.15. The minimum absolute atomic E-state index is 0.660. The van der Waals surface area contributed by atoms with Crippen LogP contribution < -0.4 is 5.73 Å². The van der Waals surface area contributed by atoms with E-state index in [1.165, 1.54) is 18.5 Å². The van der Waals surface area contributed by atoms with E-state index in [4.69, 9.17) is 5.73 Å². The first kappa shape index (κ1) is 14.6. The van der Waals surface area contributed by atoms with Gasteiger partial charge in [0.05, 0.1) is 11.2 Å². The second-order valence-electron chi connectivity index (χ2n) is 5.24. The van der Waals surface area contributed by atoms with E-state index >= 15 is 0 Å². The van der Waals surface area contributed by atoms with Crippen LogP contribution in [0.15, 0.2) is 10.9 Å². The van der Waals surface area contributed by atoms with Crippen LogP contribution in [-0.2, 0) is 6.54 Å². The molecule has 0 saturated carbocycles. The predicted octanol–water partition coefficient (Wildman–Crippen LogP) is 2.59. The maximum absolute atomic E-state index is 5.81. The van der Waals surface area contributed by atoms with Crippen LogP contribution in [0.3, 0.4) is 0 Å². The van der Waals surface area contributed by atoms with E-state index in [0.717, 1.165) is 25.6 Å². The zero-order chi connectivity index (χ0) is 12.7. The fraction of sp³-hybridized carbons (Fsp3) is 0.769. The summed E-state index contributed by atoms with van der Waals surface area (Å²) in [6.07, 6.45) is 2.43. The highest BCUT2D eigenvalue weighted by atomic mass is 32.1. The summed E-state index contributed by atoms with van der Waals surface area (Å²) in [5.74, 6) is 1.40. The van der Waals surface area contributed by atoms with Crippen LogP contribution in [0.25, 0.3) is 0 Å². The fourth-order valence-electron chi connectivity index (χ4n) is 2.07. The van der Waals surface area contributed by atoms with Crippen molar-refractivity contribution < 1.29 is 0 Å². The first-order valence-corrected chi connectivity index (χ1v) is 7.31. The molecule has 1 aromatic rings. The van der Waals surface area contributed by atoms with E-state index in [-0.39, 0.29) is 0 Å². The van der Waals surface area contributed by atoms with Gasteiger partial charge in [-0.25, -0.2) is 4.98 Å². The zero-order valence-corrected chi connectivity index (χ0v) is 12.0. The Morgan fingerprint density at radius 1 is 1.47 bits per heavy atom. The molecule has 0 spiro atoms. The van der Waals surface area contributed by atoms with E-state index in [2.05, 4.69) is 36.2 Å². The molecule has 0 bridgehead atoms. The Morgan fingerprint density at radius 2 is 2.24 bits per heavy atom. The van der Waals surface area contributed by atoms with Gasteiger partial charge in [-0.15, -0.1) is 11.3 Å². The number of thiazole rings is 1. The molecule has 1 atom stereocenters. The van der Waals surface area contributed by atoms with Crippen molar-refractivity contribution in [2.75, 3.05) is 20.1 Å². The molecule has 0 amide bonds. The van der Waals surface area contributed by atoms with Gasteiger partial charge in [0, 0.05) is 11.9 Å². The number of hydrogen-bond donors (Lipinski definition) is 1. The lowest BCUT2D eigenvalue weighted by atomic mass is 9.94. The van der Waals surface area contributed by atoms with Crippen molar-refractivity contribution in [3.05, 3.63) is 16.6 Å². The first-order chi connectivity index (χ1) is 8.11. The van der Waals surface area contributed by atoms with E-state index in [1.54, 1.807) is 11.3 Å². The summed E-state index contributed by atoms with van der Waals surface area (Å²) in [6, 6.07) is 0. The minimum atomic E-state index is 0.660. The molecular weight excluding hydrogens is 230 g/mol. The van der Waals surface area contributed by atoms with Crippen molar-refractivity contribution in [2.45, 2.75) is 33.2 Å². The van der Waals surface area contributed by atoms with Gasteiger partial charge in [-0.2, -0.15) is 0 Å². The Bertz CT molecular complexity index is 285. The van der Waals surface area contributed by atoms with Gasteiger partial charge in [-0.3, -0.25) is 0 Å². The largest absolute Gasteiger partial charge is 0.330 e. The third-order valence-corrected chi connectivity index (χ3v) is 3.61. The van der Waals surface area contributed by atoms with Crippen molar-refractivity contribution in [3.8, 4) is 0 Å². The molecule has 0 radical (unpaired) electrons. The van der Waals surface area contributed by atoms with Crippen molar-refractivity contribution in [1.29, 1.82) is 0 Å². The number of nitrogens with zero attached hydrogens (tertiary/aromatic N) is 2. The van der Waals surface area contributed by atoms with Crippen LogP contribution in [0.1, 0.15) is 32.4 Å². The molecule has 4 heteroatoms. The molecule has 3 nitrogen and oxygen atoms in total. The lowest BCUT2D eigenvalue weighted by Gasteiger charge is -2.21. The fourth-order valence-corrected chi connectivity index (χ4v) is 2.62. The van der Waals surface area contributed by atoms with Gasteiger partial charge in [0.2, 0.25) is 0 Å². The maximum atomic E-state index is 5.81. The Morgan fingerprint density at radius 3 is 2.76 bits per heavy atom. The minimum Gasteiger partial charge on any atom is -0.330 e. The van der Waals surface area contributed by atoms with Crippen molar-refractivity contribution in [3.63, 3.8) is 0 Å². The molecule has 0 aliphatic rings.